The number of halogens is 1. The number of nitrogens with one attached hydrogen (secondary N) is 1. The van der Waals surface area contributed by atoms with Gasteiger partial charge in [0.1, 0.15) is 4.90 Å². The molecule has 0 aliphatic rings. The van der Waals surface area contributed by atoms with Crippen molar-refractivity contribution in [2.24, 2.45) is 0 Å². The van der Waals surface area contributed by atoms with Crippen molar-refractivity contribution in [1.29, 1.82) is 0 Å². The molecule has 1 aromatic rings. The largest absolute Gasteiger partial charge is 0.263 e. The molecule has 0 spiro atoms. The summed E-state index contributed by atoms with van der Waals surface area (Å²) in [5.74, 6) is 0. The van der Waals surface area contributed by atoms with Crippen LogP contribution in [-0.4, -0.2) is 19.9 Å². The lowest BCUT2D eigenvalue weighted by Crippen LogP contribution is -2.24. The summed E-state index contributed by atoms with van der Waals surface area (Å²) in [6.07, 6.45) is 4.45. The second-order valence-corrected chi connectivity index (χ2v) is 5.58. The van der Waals surface area contributed by atoms with Crippen LogP contribution < -0.4 is 4.72 Å². The highest BCUT2D eigenvalue weighted by atomic mass is 35.5. The molecule has 0 saturated heterocycles. The molecule has 6 heteroatoms. The fourth-order valence-electron chi connectivity index (χ4n) is 0.994. The van der Waals surface area contributed by atoms with Crippen molar-refractivity contribution in [2.45, 2.75) is 18.7 Å². The van der Waals surface area contributed by atoms with E-state index >= 15 is 0 Å². The minimum atomic E-state index is -3.58. The molecule has 1 aromatic heterocycles. The Morgan fingerprint density at radius 2 is 2.25 bits per heavy atom. The molecule has 0 aliphatic carbocycles. The first kappa shape index (κ1) is 13.2. The topological polar surface area (TPSA) is 59.1 Å². The van der Waals surface area contributed by atoms with Gasteiger partial charge in [0.15, 0.2) is 0 Å². The molecule has 0 atom stereocenters. The predicted octanol–water partition coefficient (Wildman–Crippen LogP) is 1.98. The monoisotopic (exact) mass is 260 g/mol. The Morgan fingerprint density at radius 3 is 2.81 bits per heavy atom. The average Bonchev–Trinajstić information content (AvgIpc) is 2.17. The van der Waals surface area contributed by atoms with Gasteiger partial charge < -0.3 is 0 Å². The van der Waals surface area contributed by atoms with E-state index in [-0.39, 0.29) is 16.5 Å². The van der Waals surface area contributed by atoms with Crippen LogP contribution in [0.4, 0.5) is 0 Å². The number of allylic oxidation sites excluding steroid dienone is 1. The van der Waals surface area contributed by atoms with Crippen molar-refractivity contribution in [3.05, 3.63) is 35.1 Å². The number of hydrogen-bond acceptors (Lipinski definition) is 3. The molecule has 1 N–H and O–H groups in total. The molecule has 0 aliphatic heterocycles. The Balaban J connectivity index is 2.87. The lowest BCUT2D eigenvalue weighted by Gasteiger charge is -2.05. The summed E-state index contributed by atoms with van der Waals surface area (Å²) in [6, 6.07) is 1.44. The van der Waals surface area contributed by atoms with Crippen molar-refractivity contribution in [3.63, 3.8) is 0 Å². The van der Waals surface area contributed by atoms with Gasteiger partial charge in [0.25, 0.3) is 0 Å². The van der Waals surface area contributed by atoms with Gasteiger partial charge in [0.2, 0.25) is 10.0 Å². The zero-order valence-electron chi connectivity index (χ0n) is 9.07. The van der Waals surface area contributed by atoms with Crippen LogP contribution in [-0.2, 0) is 10.0 Å². The van der Waals surface area contributed by atoms with Crippen LogP contribution in [0.3, 0.4) is 0 Å². The second kappa shape index (κ2) is 5.43. The van der Waals surface area contributed by atoms with E-state index < -0.39 is 10.0 Å². The number of nitrogens with zero attached hydrogens (tertiary/aromatic N) is 1. The zero-order valence-corrected chi connectivity index (χ0v) is 10.6. The van der Waals surface area contributed by atoms with Crippen LogP contribution in [0.2, 0.25) is 5.02 Å². The van der Waals surface area contributed by atoms with E-state index in [1.165, 1.54) is 18.5 Å². The van der Waals surface area contributed by atoms with E-state index in [1.807, 2.05) is 13.8 Å². The highest BCUT2D eigenvalue weighted by molar-refractivity contribution is 7.89. The summed E-state index contributed by atoms with van der Waals surface area (Å²) in [5, 5.41) is 0.166. The fourth-order valence-corrected chi connectivity index (χ4v) is 2.39. The maximum absolute atomic E-state index is 11.8. The van der Waals surface area contributed by atoms with Gasteiger partial charge in [-0.1, -0.05) is 23.3 Å². The molecule has 88 valence electrons. The summed E-state index contributed by atoms with van der Waals surface area (Å²) in [5.41, 5.74) is 1.04. The Kier molecular flexibility index (Phi) is 4.46. The van der Waals surface area contributed by atoms with Gasteiger partial charge >= 0.3 is 0 Å². The molecule has 0 fully saturated rings. The summed E-state index contributed by atoms with van der Waals surface area (Å²) in [6.45, 7) is 4.03. The number of pyridine rings is 1. The average molecular weight is 261 g/mol. The second-order valence-electron chi connectivity index (χ2n) is 3.44. The summed E-state index contributed by atoms with van der Waals surface area (Å²) in [7, 11) is -3.58. The van der Waals surface area contributed by atoms with Crippen LogP contribution in [0.1, 0.15) is 13.8 Å². The molecule has 16 heavy (non-hydrogen) atoms. The Morgan fingerprint density at radius 1 is 1.56 bits per heavy atom. The minimum Gasteiger partial charge on any atom is -0.263 e. The third-order valence-corrected chi connectivity index (χ3v) is 3.70. The summed E-state index contributed by atoms with van der Waals surface area (Å²) in [4.78, 5) is 3.73. The van der Waals surface area contributed by atoms with Gasteiger partial charge in [0, 0.05) is 18.9 Å². The van der Waals surface area contributed by atoms with Gasteiger partial charge in [-0.05, 0) is 19.9 Å². The van der Waals surface area contributed by atoms with Gasteiger partial charge in [-0.25, -0.2) is 13.1 Å². The van der Waals surface area contributed by atoms with Gasteiger partial charge in [0.05, 0.1) is 5.02 Å². The van der Waals surface area contributed by atoms with Crippen molar-refractivity contribution in [2.75, 3.05) is 6.54 Å². The van der Waals surface area contributed by atoms with Crippen LogP contribution >= 0.6 is 11.6 Å². The fraction of sp³-hybridized carbons (Fsp3) is 0.300. The molecular formula is C10H13ClN2O2S. The van der Waals surface area contributed by atoms with Crippen LogP contribution in [0, 0.1) is 0 Å². The standard InChI is InChI=1S/C10H13ClN2O2S/c1-8(2)3-6-13-16(14,15)10-7-12-5-4-9(10)11/h3-5,7,13H,6H2,1-2H3. The minimum absolute atomic E-state index is 0.00109. The highest BCUT2D eigenvalue weighted by Crippen LogP contribution is 2.18. The molecule has 0 aromatic carbocycles. The Bertz CT molecular complexity index is 493. The van der Waals surface area contributed by atoms with E-state index in [2.05, 4.69) is 9.71 Å². The lowest BCUT2D eigenvalue weighted by atomic mass is 10.3. The SMILES string of the molecule is CC(C)=CCNS(=O)(=O)c1cnccc1Cl. The summed E-state index contributed by atoms with van der Waals surface area (Å²) < 4.78 is 26.0. The highest BCUT2D eigenvalue weighted by Gasteiger charge is 2.16. The van der Waals surface area contributed by atoms with E-state index in [9.17, 15) is 8.42 Å². The molecule has 0 bridgehead atoms. The van der Waals surface area contributed by atoms with Gasteiger partial charge in [-0.15, -0.1) is 0 Å². The number of rotatable bonds is 4. The quantitative estimate of drug-likeness (QED) is 0.842. The molecule has 1 heterocycles. The van der Waals surface area contributed by atoms with E-state index in [1.54, 1.807) is 6.08 Å². The molecule has 1 rings (SSSR count). The van der Waals surface area contributed by atoms with Gasteiger partial charge in [-0.2, -0.15) is 0 Å². The third kappa shape index (κ3) is 3.59. The number of hydrogen-bond donors (Lipinski definition) is 1. The molecule has 0 radical (unpaired) electrons. The predicted molar refractivity (Wildman–Crippen MR) is 63.9 cm³/mol. The van der Waals surface area contributed by atoms with E-state index in [0.29, 0.717) is 0 Å². The molecule has 0 amide bonds. The van der Waals surface area contributed by atoms with E-state index in [4.69, 9.17) is 11.6 Å². The number of sulfonamides is 1. The van der Waals surface area contributed by atoms with Crippen LogP contribution in [0.5, 0.6) is 0 Å². The van der Waals surface area contributed by atoms with Crippen molar-refractivity contribution in [3.8, 4) is 0 Å². The first-order valence-corrected chi connectivity index (χ1v) is 6.52. The van der Waals surface area contributed by atoms with Crippen molar-refractivity contribution < 1.29 is 8.42 Å². The first-order valence-electron chi connectivity index (χ1n) is 4.66. The Hall–Kier alpha value is -0.910. The number of aromatic nitrogens is 1. The maximum atomic E-state index is 11.8. The van der Waals surface area contributed by atoms with Crippen molar-refractivity contribution in [1.82, 2.24) is 9.71 Å². The molecular weight excluding hydrogens is 248 g/mol. The first-order chi connectivity index (χ1) is 7.43. The zero-order chi connectivity index (χ0) is 12.2. The van der Waals surface area contributed by atoms with Crippen LogP contribution in [0.25, 0.3) is 0 Å². The maximum Gasteiger partial charge on any atom is 0.243 e. The summed E-state index contributed by atoms with van der Waals surface area (Å²) >= 11 is 5.78. The molecule has 0 unspecified atom stereocenters. The normalized spacial score (nSPS) is 11.2. The van der Waals surface area contributed by atoms with Crippen molar-refractivity contribution >= 4 is 21.6 Å². The molecule has 0 saturated carbocycles. The smallest absolute Gasteiger partial charge is 0.243 e. The lowest BCUT2D eigenvalue weighted by molar-refractivity contribution is 0.585. The van der Waals surface area contributed by atoms with Crippen LogP contribution in [0.15, 0.2) is 35.0 Å². The Labute approximate surface area is 100 Å². The van der Waals surface area contributed by atoms with E-state index in [0.717, 1.165) is 5.57 Å². The third-order valence-electron chi connectivity index (χ3n) is 1.81. The van der Waals surface area contributed by atoms with Gasteiger partial charge in [-0.3, -0.25) is 4.98 Å². The molecule has 4 nitrogen and oxygen atoms in total.